The van der Waals surface area contributed by atoms with E-state index in [1.165, 1.54) is 0 Å². The largest absolute Gasteiger partial charge is 0.452 e. The van der Waals surface area contributed by atoms with Crippen LogP contribution in [0.15, 0.2) is 0 Å². The molecular formula is C7H11O5P. The fraction of sp³-hybridized carbons (Fsp3) is 0.571. The molecule has 0 fully saturated rings. The van der Waals surface area contributed by atoms with E-state index in [2.05, 4.69) is 4.74 Å². The zero-order valence-corrected chi connectivity index (χ0v) is 8.25. The Hall–Kier alpha value is -0.820. The topological polar surface area (TPSA) is 83.8 Å². The minimum absolute atomic E-state index is 0.289. The minimum Gasteiger partial charge on any atom is -0.452 e. The van der Waals surface area contributed by atoms with Crippen LogP contribution < -0.4 is 0 Å². The normalized spacial score (nSPS) is 11.9. The first-order chi connectivity index (χ1) is 5.73. The zero-order valence-electron chi connectivity index (χ0n) is 7.35. The van der Waals surface area contributed by atoms with E-state index in [0.29, 0.717) is 0 Å². The van der Waals surface area contributed by atoms with Gasteiger partial charge in [0.05, 0.1) is 0 Å². The fourth-order valence-corrected chi connectivity index (χ4v) is 0.705. The molecule has 0 radical (unpaired) electrons. The number of esters is 1. The van der Waals surface area contributed by atoms with Crippen molar-refractivity contribution in [1.29, 1.82) is 0 Å². The third-order valence-electron chi connectivity index (χ3n) is 1.51. The average Bonchev–Trinajstić information content (AvgIpc) is 1.97. The van der Waals surface area contributed by atoms with Crippen LogP contribution >= 0.6 is 7.60 Å². The van der Waals surface area contributed by atoms with Crippen molar-refractivity contribution < 1.29 is 23.9 Å². The Kier molecular flexibility index (Phi) is 3.68. The maximum Gasteiger partial charge on any atom is 0.342 e. The first kappa shape index (κ1) is 12.2. The lowest BCUT2D eigenvalue weighted by Crippen LogP contribution is -2.33. The van der Waals surface area contributed by atoms with Crippen LogP contribution in [0.2, 0.25) is 0 Å². The molecule has 0 unspecified atom stereocenters. The second kappa shape index (κ2) is 3.93. The molecule has 0 amide bonds. The van der Waals surface area contributed by atoms with Crippen LogP contribution in [0.25, 0.3) is 0 Å². The number of hydrogen-bond donors (Lipinski definition) is 2. The quantitative estimate of drug-likeness (QED) is 0.389. The molecule has 6 heteroatoms. The van der Waals surface area contributed by atoms with Crippen molar-refractivity contribution >= 4 is 13.6 Å². The van der Waals surface area contributed by atoms with Crippen LogP contribution in [0, 0.1) is 12.3 Å². The SMILES string of the molecule is C#CCOC(=O)C(C)(C)P(=O)(O)O. The van der Waals surface area contributed by atoms with Gasteiger partial charge >= 0.3 is 13.6 Å². The number of carbonyl (C=O) groups excluding carboxylic acids is 1. The Morgan fingerprint density at radius 3 is 2.38 bits per heavy atom. The maximum absolute atomic E-state index is 11.1. The Balaban J connectivity index is 4.58. The van der Waals surface area contributed by atoms with E-state index >= 15 is 0 Å². The lowest BCUT2D eigenvalue weighted by molar-refractivity contribution is -0.144. The summed E-state index contributed by atoms with van der Waals surface area (Å²) in [6.07, 6.45) is 4.81. The van der Waals surface area contributed by atoms with E-state index in [1.54, 1.807) is 0 Å². The van der Waals surface area contributed by atoms with Crippen LogP contribution in [0.5, 0.6) is 0 Å². The van der Waals surface area contributed by atoms with Gasteiger partial charge in [-0.25, -0.2) is 0 Å². The van der Waals surface area contributed by atoms with Gasteiger partial charge in [-0.05, 0) is 13.8 Å². The van der Waals surface area contributed by atoms with Gasteiger partial charge in [0, 0.05) is 0 Å². The van der Waals surface area contributed by atoms with E-state index < -0.39 is 18.7 Å². The first-order valence-corrected chi connectivity index (χ1v) is 5.01. The summed E-state index contributed by atoms with van der Waals surface area (Å²) in [6.45, 7) is 1.92. The lowest BCUT2D eigenvalue weighted by atomic mass is 10.2. The second-order valence-electron chi connectivity index (χ2n) is 2.88. The molecule has 0 aromatic rings. The summed E-state index contributed by atoms with van der Waals surface area (Å²) in [5.41, 5.74) is 0. The molecule has 0 rings (SSSR count). The predicted molar refractivity (Wildman–Crippen MR) is 45.9 cm³/mol. The van der Waals surface area contributed by atoms with Gasteiger partial charge in [0.15, 0.2) is 11.8 Å². The molecule has 2 N–H and O–H groups in total. The van der Waals surface area contributed by atoms with Crippen molar-refractivity contribution in [2.24, 2.45) is 0 Å². The third-order valence-corrected chi connectivity index (χ3v) is 3.15. The molecule has 13 heavy (non-hydrogen) atoms. The summed E-state index contributed by atoms with van der Waals surface area (Å²) in [7, 11) is -4.51. The van der Waals surface area contributed by atoms with Crippen molar-refractivity contribution in [2.45, 2.75) is 19.0 Å². The highest BCUT2D eigenvalue weighted by atomic mass is 31.2. The van der Waals surface area contributed by atoms with Crippen LogP contribution in [-0.4, -0.2) is 27.5 Å². The van der Waals surface area contributed by atoms with Crippen LogP contribution in [0.1, 0.15) is 13.8 Å². The number of hydrogen-bond acceptors (Lipinski definition) is 3. The molecule has 5 nitrogen and oxygen atoms in total. The summed E-state index contributed by atoms with van der Waals surface area (Å²) in [6, 6.07) is 0. The summed E-state index contributed by atoms with van der Waals surface area (Å²) >= 11 is 0. The number of terminal acetylenes is 1. The van der Waals surface area contributed by atoms with E-state index in [1.807, 2.05) is 5.92 Å². The maximum atomic E-state index is 11.1. The number of ether oxygens (including phenoxy) is 1. The highest BCUT2D eigenvalue weighted by Crippen LogP contribution is 2.50. The van der Waals surface area contributed by atoms with Gasteiger partial charge in [-0.15, -0.1) is 6.42 Å². The average molecular weight is 206 g/mol. The Labute approximate surface area is 76.3 Å². The highest BCUT2D eigenvalue weighted by Gasteiger charge is 2.46. The molecule has 0 aromatic heterocycles. The summed E-state index contributed by atoms with van der Waals surface area (Å²) in [4.78, 5) is 28.6. The molecule has 0 aliphatic carbocycles. The molecule has 0 saturated heterocycles. The summed E-state index contributed by atoms with van der Waals surface area (Å²) in [5, 5.41) is -1.84. The second-order valence-corrected chi connectivity index (χ2v) is 5.09. The van der Waals surface area contributed by atoms with Crippen LogP contribution in [0.3, 0.4) is 0 Å². The summed E-state index contributed by atoms with van der Waals surface area (Å²) < 4.78 is 15.2. The van der Waals surface area contributed by atoms with Crippen LogP contribution in [-0.2, 0) is 14.1 Å². The predicted octanol–water partition coefficient (Wildman–Crippen LogP) is 0.119. The van der Waals surface area contributed by atoms with E-state index in [4.69, 9.17) is 16.2 Å². The summed E-state index contributed by atoms with van der Waals surface area (Å²) in [5.74, 6) is 1.02. The van der Waals surface area contributed by atoms with Gasteiger partial charge in [0.25, 0.3) is 0 Å². The molecule has 0 spiro atoms. The smallest absolute Gasteiger partial charge is 0.342 e. The molecule has 0 bridgehead atoms. The lowest BCUT2D eigenvalue weighted by Gasteiger charge is -2.22. The van der Waals surface area contributed by atoms with Gasteiger partial charge in [0.1, 0.15) is 0 Å². The highest BCUT2D eigenvalue weighted by molar-refractivity contribution is 7.54. The van der Waals surface area contributed by atoms with Crippen molar-refractivity contribution in [3.8, 4) is 12.3 Å². The van der Waals surface area contributed by atoms with Crippen molar-refractivity contribution in [3.63, 3.8) is 0 Å². The van der Waals surface area contributed by atoms with Crippen molar-refractivity contribution in [1.82, 2.24) is 0 Å². The minimum atomic E-state index is -4.51. The van der Waals surface area contributed by atoms with Gasteiger partial charge in [-0.3, -0.25) is 9.36 Å². The van der Waals surface area contributed by atoms with E-state index in [-0.39, 0.29) is 6.61 Å². The molecule has 0 saturated carbocycles. The fourth-order valence-electron chi connectivity index (χ4n) is 0.403. The molecule has 0 heterocycles. The third kappa shape index (κ3) is 2.85. The number of rotatable bonds is 3. The van der Waals surface area contributed by atoms with Crippen molar-refractivity contribution in [2.75, 3.05) is 6.61 Å². The Morgan fingerprint density at radius 2 is 2.08 bits per heavy atom. The molecule has 74 valence electrons. The van der Waals surface area contributed by atoms with Crippen molar-refractivity contribution in [3.05, 3.63) is 0 Å². The van der Waals surface area contributed by atoms with Gasteiger partial charge < -0.3 is 14.5 Å². The molecule has 0 aliphatic heterocycles. The molecule has 0 atom stereocenters. The Bertz CT molecular complexity index is 282. The molecule has 0 aliphatic rings. The van der Waals surface area contributed by atoms with Gasteiger partial charge in [-0.2, -0.15) is 0 Å². The first-order valence-electron chi connectivity index (χ1n) is 3.40. The van der Waals surface area contributed by atoms with E-state index in [0.717, 1.165) is 13.8 Å². The molecular weight excluding hydrogens is 195 g/mol. The van der Waals surface area contributed by atoms with Gasteiger partial charge in [-0.1, -0.05) is 5.92 Å². The van der Waals surface area contributed by atoms with E-state index in [9.17, 15) is 9.36 Å². The number of carbonyl (C=O) groups is 1. The molecule has 0 aromatic carbocycles. The van der Waals surface area contributed by atoms with Crippen LogP contribution in [0.4, 0.5) is 0 Å². The standard InChI is InChI=1S/C7H11O5P/c1-4-5-12-6(8)7(2,3)13(9,10)11/h1H,5H2,2-3H3,(H2,9,10,11). The van der Waals surface area contributed by atoms with Gasteiger partial charge in [0.2, 0.25) is 0 Å². The zero-order chi connectivity index (χ0) is 10.7. The monoisotopic (exact) mass is 206 g/mol. The Morgan fingerprint density at radius 1 is 1.62 bits per heavy atom.